The van der Waals surface area contributed by atoms with Gasteiger partial charge in [-0.1, -0.05) is 5.16 Å². The standard InChI is InChI=1S/C8H8F3N3O2/c9-8(10,11)4-6-13-7(16-14-6)3-5(15)1-2-12/h5,15H,1,3-4H2. The van der Waals surface area contributed by atoms with E-state index < -0.39 is 24.5 Å². The molecule has 1 atom stereocenters. The number of hydrogen-bond donors (Lipinski definition) is 1. The van der Waals surface area contributed by atoms with Gasteiger partial charge in [-0.25, -0.2) is 0 Å². The number of aliphatic hydroxyl groups excluding tert-OH is 1. The van der Waals surface area contributed by atoms with E-state index in [0.717, 1.165) is 0 Å². The third kappa shape index (κ3) is 4.27. The van der Waals surface area contributed by atoms with Gasteiger partial charge in [-0.2, -0.15) is 23.4 Å². The highest BCUT2D eigenvalue weighted by atomic mass is 19.4. The van der Waals surface area contributed by atoms with Crippen LogP contribution in [0, 0.1) is 11.3 Å². The minimum Gasteiger partial charge on any atom is -0.392 e. The van der Waals surface area contributed by atoms with Crippen LogP contribution in [0.3, 0.4) is 0 Å². The van der Waals surface area contributed by atoms with Gasteiger partial charge < -0.3 is 9.63 Å². The molecule has 0 aromatic carbocycles. The fourth-order valence-electron chi connectivity index (χ4n) is 1.00. The molecule has 1 heterocycles. The summed E-state index contributed by atoms with van der Waals surface area (Å²) >= 11 is 0. The lowest BCUT2D eigenvalue weighted by atomic mass is 10.2. The lowest BCUT2D eigenvalue weighted by Gasteiger charge is -2.00. The van der Waals surface area contributed by atoms with Crippen LogP contribution in [0.15, 0.2) is 4.52 Å². The molecule has 1 aromatic rings. The van der Waals surface area contributed by atoms with E-state index >= 15 is 0 Å². The zero-order valence-corrected chi connectivity index (χ0v) is 8.03. The zero-order valence-electron chi connectivity index (χ0n) is 8.03. The second kappa shape index (κ2) is 4.94. The Morgan fingerprint density at radius 3 is 2.75 bits per heavy atom. The molecular weight excluding hydrogens is 227 g/mol. The SMILES string of the molecule is N#CCC(O)Cc1nc(CC(F)(F)F)no1. The lowest BCUT2D eigenvalue weighted by Crippen LogP contribution is -2.13. The Bertz CT molecular complexity index is 383. The molecule has 16 heavy (non-hydrogen) atoms. The quantitative estimate of drug-likeness (QED) is 0.841. The van der Waals surface area contributed by atoms with Gasteiger partial charge in [0.15, 0.2) is 5.82 Å². The number of nitrogens with zero attached hydrogens (tertiary/aromatic N) is 3. The van der Waals surface area contributed by atoms with E-state index in [9.17, 15) is 18.3 Å². The summed E-state index contributed by atoms with van der Waals surface area (Å²) in [5.41, 5.74) is 0. The van der Waals surface area contributed by atoms with Crippen molar-refractivity contribution in [1.82, 2.24) is 10.1 Å². The highest BCUT2D eigenvalue weighted by molar-refractivity contribution is 4.91. The maximum atomic E-state index is 11.9. The summed E-state index contributed by atoms with van der Waals surface area (Å²) in [5.74, 6) is -0.589. The largest absolute Gasteiger partial charge is 0.396 e. The van der Waals surface area contributed by atoms with E-state index in [1.165, 1.54) is 0 Å². The molecule has 0 saturated heterocycles. The fraction of sp³-hybridized carbons (Fsp3) is 0.625. The summed E-state index contributed by atoms with van der Waals surface area (Å²) in [5, 5.41) is 20.5. The van der Waals surface area contributed by atoms with Gasteiger partial charge in [0.2, 0.25) is 5.89 Å². The molecule has 5 nitrogen and oxygen atoms in total. The van der Waals surface area contributed by atoms with Gasteiger partial charge in [0, 0.05) is 0 Å². The van der Waals surface area contributed by atoms with Crippen molar-refractivity contribution in [2.24, 2.45) is 0 Å². The van der Waals surface area contributed by atoms with Crippen molar-refractivity contribution in [3.63, 3.8) is 0 Å². The minimum atomic E-state index is -4.40. The van der Waals surface area contributed by atoms with Crippen LogP contribution in [0.2, 0.25) is 0 Å². The number of hydrogen-bond acceptors (Lipinski definition) is 5. The predicted molar refractivity (Wildman–Crippen MR) is 44.0 cm³/mol. The third-order valence-corrected chi connectivity index (χ3v) is 1.61. The van der Waals surface area contributed by atoms with Crippen molar-refractivity contribution < 1.29 is 22.8 Å². The second-order valence-electron chi connectivity index (χ2n) is 3.12. The molecule has 0 aliphatic rings. The lowest BCUT2D eigenvalue weighted by molar-refractivity contribution is -0.128. The summed E-state index contributed by atoms with van der Waals surface area (Å²) < 4.78 is 40.3. The van der Waals surface area contributed by atoms with E-state index in [-0.39, 0.29) is 18.7 Å². The Hall–Kier alpha value is -1.62. The first-order chi connectivity index (χ1) is 7.40. The van der Waals surface area contributed by atoms with Crippen LogP contribution in [-0.4, -0.2) is 27.5 Å². The molecule has 0 aliphatic carbocycles. The van der Waals surface area contributed by atoms with E-state index in [0.29, 0.717) is 0 Å². The number of halogens is 3. The van der Waals surface area contributed by atoms with Crippen molar-refractivity contribution in [3.05, 3.63) is 11.7 Å². The Morgan fingerprint density at radius 2 is 2.19 bits per heavy atom. The van der Waals surface area contributed by atoms with Gasteiger partial charge in [0.25, 0.3) is 0 Å². The Labute approximate surface area is 88.5 Å². The van der Waals surface area contributed by atoms with Crippen molar-refractivity contribution in [2.45, 2.75) is 31.5 Å². The highest BCUT2D eigenvalue weighted by Crippen LogP contribution is 2.19. The van der Waals surface area contributed by atoms with Gasteiger partial charge in [-0.3, -0.25) is 0 Å². The summed E-state index contributed by atoms with van der Waals surface area (Å²) in [4.78, 5) is 3.45. The molecule has 0 spiro atoms. The Balaban J connectivity index is 2.55. The molecule has 1 aromatic heterocycles. The van der Waals surface area contributed by atoms with Gasteiger partial charge in [0.05, 0.1) is 25.0 Å². The number of aromatic nitrogens is 2. The van der Waals surface area contributed by atoms with Crippen molar-refractivity contribution in [1.29, 1.82) is 5.26 Å². The number of aliphatic hydroxyl groups is 1. The normalized spacial score (nSPS) is 13.4. The highest BCUT2D eigenvalue weighted by Gasteiger charge is 2.30. The molecule has 0 aliphatic heterocycles. The Morgan fingerprint density at radius 1 is 1.50 bits per heavy atom. The van der Waals surface area contributed by atoms with E-state index in [1.54, 1.807) is 6.07 Å². The maximum absolute atomic E-state index is 11.9. The number of rotatable bonds is 4. The molecule has 0 bridgehead atoms. The van der Waals surface area contributed by atoms with Crippen LogP contribution >= 0.6 is 0 Å². The minimum absolute atomic E-state index is 0.109. The molecular formula is C8H8F3N3O2. The molecule has 0 fully saturated rings. The summed E-state index contributed by atoms with van der Waals surface area (Å²) in [7, 11) is 0. The van der Waals surface area contributed by atoms with Gasteiger partial charge >= 0.3 is 6.18 Å². The van der Waals surface area contributed by atoms with Crippen molar-refractivity contribution >= 4 is 0 Å². The van der Waals surface area contributed by atoms with Gasteiger partial charge in [-0.15, -0.1) is 0 Å². The van der Waals surface area contributed by atoms with Crippen LogP contribution in [0.5, 0.6) is 0 Å². The zero-order chi connectivity index (χ0) is 12.2. The molecule has 8 heteroatoms. The molecule has 1 rings (SSSR count). The van der Waals surface area contributed by atoms with Crippen LogP contribution < -0.4 is 0 Å². The van der Waals surface area contributed by atoms with Crippen LogP contribution in [-0.2, 0) is 12.8 Å². The Kier molecular flexibility index (Phi) is 3.84. The fourth-order valence-corrected chi connectivity index (χ4v) is 1.00. The average molecular weight is 235 g/mol. The molecule has 1 N–H and O–H groups in total. The first-order valence-electron chi connectivity index (χ1n) is 4.34. The monoisotopic (exact) mass is 235 g/mol. The van der Waals surface area contributed by atoms with Gasteiger partial charge in [-0.05, 0) is 0 Å². The first kappa shape index (κ1) is 12.4. The van der Waals surface area contributed by atoms with Gasteiger partial charge in [0.1, 0.15) is 6.42 Å². The van der Waals surface area contributed by atoms with E-state index in [4.69, 9.17) is 5.26 Å². The molecule has 1 unspecified atom stereocenters. The van der Waals surface area contributed by atoms with Crippen molar-refractivity contribution in [2.75, 3.05) is 0 Å². The summed E-state index contributed by atoms with van der Waals surface area (Å²) in [6, 6.07) is 1.71. The summed E-state index contributed by atoms with van der Waals surface area (Å²) in [6.45, 7) is 0. The van der Waals surface area contributed by atoms with E-state index in [2.05, 4.69) is 14.7 Å². The summed E-state index contributed by atoms with van der Waals surface area (Å²) in [6.07, 6.45) is -6.95. The van der Waals surface area contributed by atoms with Crippen molar-refractivity contribution in [3.8, 4) is 6.07 Å². The van der Waals surface area contributed by atoms with Crippen LogP contribution in [0.4, 0.5) is 13.2 Å². The predicted octanol–water partition coefficient (Wildman–Crippen LogP) is 0.991. The third-order valence-electron chi connectivity index (χ3n) is 1.61. The maximum Gasteiger partial charge on any atom is 0.396 e. The van der Waals surface area contributed by atoms with Crippen LogP contribution in [0.25, 0.3) is 0 Å². The smallest absolute Gasteiger partial charge is 0.392 e. The molecule has 0 amide bonds. The first-order valence-corrected chi connectivity index (χ1v) is 4.34. The number of nitriles is 1. The topological polar surface area (TPSA) is 82.9 Å². The van der Waals surface area contributed by atoms with Crippen LogP contribution in [0.1, 0.15) is 18.1 Å². The molecule has 0 radical (unpaired) electrons. The molecule has 88 valence electrons. The second-order valence-corrected chi connectivity index (χ2v) is 3.12. The average Bonchev–Trinajstić information content (AvgIpc) is 2.49. The van der Waals surface area contributed by atoms with E-state index in [1.807, 2.05) is 0 Å². The molecule has 0 saturated carbocycles. The number of alkyl halides is 3.